The molecule has 2 atom stereocenters. The van der Waals surface area contributed by atoms with Crippen molar-refractivity contribution >= 4 is 0 Å². The molecule has 1 fully saturated rings. The van der Waals surface area contributed by atoms with Crippen LogP contribution in [0, 0.1) is 11.3 Å². The Bertz CT molecular complexity index is 143. The van der Waals surface area contributed by atoms with E-state index in [-0.39, 0.29) is 12.0 Å². The third-order valence-electron chi connectivity index (χ3n) is 2.78. The van der Waals surface area contributed by atoms with Crippen molar-refractivity contribution in [2.45, 2.75) is 39.7 Å². The molecule has 0 aromatic heterocycles. The van der Waals surface area contributed by atoms with Crippen molar-refractivity contribution in [3.8, 4) is 0 Å². The molecule has 0 aromatic carbocycles. The topological polar surface area (TPSA) is 29.5 Å². The first-order chi connectivity index (χ1) is 5.55. The summed E-state index contributed by atoms with van der Waals surface area (Å²) in [6.45, 7) is 7.52. The quantitative estimate of drug-likeness (QED) is 0.703. The fraction of sp³-hybridized carbons (Fsp3) is 1.00. The second kappa shape index (κ2) is 3.75. The normalized spacial score (nSPS) is 31.0. The Morgan fingerprint density at radius 3 is 2.58 bits per heavy atom. The summed E-state index contributed by atoms with van der Waals surface area (Å²) in [5.41, 5.74) is 0.0621. The smallest absolute Gasteiger partial charge is 0.0576 e. The maximum absolute atomic E-state index is 9.10. The van der Waals surface area contributed by atoms with E-state index in [0.717, 1.165) is 19.4 Å². The average Bonchev–Trinajstić information content (AvgIpc) is 2.36. The summed E-state index contributed by atoms with van der Waals surface area (Å²) < 4.78 is 5.47. The highest BCUT2D eigenvalue weighted by molar-refractivity contribution is 4.79. The molecule has 0 bridgehead atoms. The largest absolute Gasteiger partial charge is 0.396 e. The minimum absolute atomic E-state index is 0.0621. The average molecular weight is 172 g/mol. The Hall–Kier alpha value is -0.0800. The van der Waals surface area contributed by atoms with Crippen LogP contribution in [0.25, 0.3) is 0 Å². The molecule has 0 spiro atoms. The van der Waals surface area contributed by atoms with E-state index in [4.69, 9.17) is 9.84 Å². The highest BCUT2D eigenvalue weighted by atomic mass is 16.5. The molecule has 1 aliphatic rings. The maximum Gasteiger partial charge on any atom is 0.0576 e. The summed E-state index contributed by atoms with van der Waals surface area (Å²) in [5.74, 6) is 0.646. The highest BCUT2D eigenvalue weighted by Crippen LogP contribution is 2.32. The van der Waals surface area contributed by atoms with E-state index < -0.39 is 0 Å². The lowest BCUT2D eigenvalue weighted by molar-refractivity contribution is 0.0758. The van der Waals surface area contributed by atoms with Crippen LogP contribution in [0.3, 0.4) is 0 Å². The van der Waals surface area contributed by atoms with Crippen LogP contribution in [0.4, 0.5) is 0 Å². The number of hydrogen-bond donors (Lipinski definition) is 1. The fourth-order valence-corrected chi connectivity index (χ4v) is 1.82. The lowest BCUT2D eigenvalue weighted by Crippen LogP contribution is -2.24. The molecule has 1 saturated heterocycles. The summed E-state index contributed by atoms with van der Waals surface area (Å²) in [5, 5.41) is 9.10. The molecule has 1 rings (SSSR count). The lowest BCUT2D eigenvalue weighted by Gasteiger charge is -2.26. The molecule has 2 heteroatoms. The molecule has 0 amide bonds. The number of hydrogen-bond acceptors (Lipinski definition) is 2. The van der Waals surface area contributed by atoms with Gasteiger partial charge in [0.15, 0.2) is 0 Å². The van der Waals surface area contributed by atoms with Crippen molar-refractivity contribution < 1.29 is 9.84 Å². The SMILES string of the molecule is CC1OCCC1CC(C)(C)CO. The van der Waals surface area contributed by atoms with Crippen molar-refractivity contribution in [2.24, 2.45) is 11.3 Å². The van der Waals surface area contributed by atoms with Gasteiger partial charge < -0.3 is 9.84 Å². The number of ether oxygens (including phenoxy) is 1. The van der Waals surface area contributed by atoms with E-state index in [1.54, 1.807) is 0 Å². The second-order valence-corrected chi connectivity index (χ2v) is 4.65. The van der Waals surface area contributed by atoms with Gasteiger partial charge in [0.25, 0.3) is 0 Å². The second-order valence-electron chi connectivity index (χ2n) is 4.65. The number of aliphatic hydroxyl groups excluding tert-OH is 1. The van der Waals surface area contributed by atoms with Crippen molar-refractivity contribution in [3.63, 3.8) is 0 Å². The highest BCUT2D eigenvalue weighted by Gasteiger charge is 2.30. The van der Waals surface area contributed by atoms with Gasteiger partial charge in [-0.2, -0.15) is 0 Å². The minimum atomic E-state index is 0.0621. The third kappa shape index (κ3) is 2.46. The van der Waals surface area contributed by atoms with Gasteiger partial charge in [-0.05, 0) is 31.1 Å². The van der Waals surface area contributed by atoms with Crippen LogP contribution >= 0.6 is 0 Å². The molecule has 2 unspecified atom stereocenters. The Labute approximate surface area is 74.9 Å². The Kier molecular flexibility index (Phi) is 3.13. The van der Waals surface area contributed by atoms with Gasteiger partial charge in [-0.25, -0.2) is 0 Å². The summed E-state index contributed by atoms with van der Waals surface area (Å²) in [6, 6.07) is 0. The van der Waals surface area contributed by atoms with E-state index in [0.29, 0.717) is 12.0 Å². The molecule has 0 aliphatic carbocycles. The molecule has 0 saturated carbocycles. The predicted octanol–water partition coefficient (Wildman–Crippen LogP) is 1.82. The van der Waals surface area contributed by atoms with Gasteiger partial charge in [0.05, 0.1) is 6.10 Å². The Morgan fingerprint density at radius 2 is 2.17 bits per heavy atom. The lowest BCUT2D eigenvalue weighted by atomic mass is 9.81. The van der Waals surface area contributed by atoms with E-state index in [1.165, 1.54) is 0 Å². The minimum Gasteiger partial charge on any atom is -0.396 e. The van der Waals surface area contributed by atoms with Gasteiger partial charge in [0.2, 0.25) is 0 Å². The monoisotopic (exact) mass is 172 g/mol. The zero-order valence-corrected chi connectivity index (χ0v) is 8.34. The predicted molar refractivity (Wildman–Crippen MR) is 49.0 cm³/mol. The first-order valence-electron chi connectivity index (χ1n) is 4.77. The van der Waals surface area contributed by atoms with Crippen LogP contribution < -0.4 is 0 Å². The number of rotatable bonds is 3. The van der Waals surface area contributed by atoms with Crippen LogP contribution in [0.2, 0.25) is 0 Å². The first-order valence-corrected chi connectivity index (χ1v) is 4.77. The molecule has 2 nitrogen and oxygen atoms in total. The molecular formula is C10H20O2. The van der Waals surface area contributed by atoms with Crippen molar-refractivity contribution in [2.75, 3.05) is 13.2 Å². The molecule has 0 radical (unpaired) electrons. The van der Waals surface area contributed by atoms with Gasteiger partial charge in [0.1, 0.15) is 0 Å². The van der Waals surface area contributed by atoms with Crippen LogP contribution in [-0.2, 0) is 4.74 Å². The Balaban J connectivity index is 2.39. The van der Waals surface area contributed by atoms with Crippen LogP contribution in [0.5, 0.6) is 0 Å². The van der Waals surface area contributed by atoms with E-state index in [9.17, 15) is 0 Å². The molecule has 0 aromatic rings. The standard InChI is InChI=1S/C10H20O2/c1-8-9(4-5-12-8)6-10(2,3)7-11/h8-9,11H,4-7H2,1-3H3. The van der Waals surface area contributed by atoms with Gasteiger partial charge in [-0.1, -0.05) is 13.8 Å². The van der Waals surface area contributed by atoms with Gasteiger partial charge in [-0.3, -0.25) is 0 Å². The Morgan fingerprint density at radius 1 is 1.50 bits per heavy atom. The van der Waals surface area contributed by atoms with Crippen molar-refractivity contribution in [1.29, 1.82) is 0 Å². The van der Waals surface area contributed by atoms with Crippen LogP contribution in [0.15, 0.2) is 0 Å². The molecule has 12 heavy (non-hydrogen) atoms. The summed E-state index contributed by atoms with van der Waals surface area (Å²) in [6.07, 6.45) is 2.62. The summed E-state index contributed by atoms with van der Waals surface area (Å²) >= 11 is 0. The van der Waals surface area contributed by atoms with Crippen molar-refractivity contribution in [1.82, 2.24) is 0 Å². The van der Waals surface area contributed by atoms with E-state index in [2.05, 4.69) is 20.8 Å². The molecular weight excluding hydrogens is 152 g/mol. The third-order valence-corrected chi connectivity index (χ3v) is 2.78. The maximum atomic E-state index is 9.10. The van der Waals surface area contributed by atoms with E-state index in [1.807, 2.05) is 0 Å². The van der Waals surface area contributed by atoms with Gasteiger partial charge in [0, 0.05) is 13.2 Å². The van der Waals surface area contributed by atoms with Crippen LogP contribution in [-0.4, -0.2) is 24.4 Å². The summed E-state index contributed by atoms with van der Waals surface area (Å²) in [4.78, 5) is 0. The first kappa shape index (κ1) is 10.0. The van der Waals surface area contributed by atoms with Gasteiger partial charge in [-0.15, -0.1) is 0 Å². The molecule has 1 heterocycles. The zero-order valence-electron chi connectivity index (χ0n) is 8.34. The van der Waals surface area contributed by atoms with E-state index >= 15 is 0 Å². The summed E-state index contributed by atoms with van der Waals surface area (Å²) in [7, 11) is 0. The molecule has 1 aliphatic heterocycles. The molecule has 72 valence electrons. The zero-order chi connectivity index (χ0) is 9.19. The fourth-order valence-electron chi connectivity index (χ4n) is 1.82. The number of aliphatic hydroxyl groups is 1. The van der Waals surface area contributed by atoms with Crippen LogP contribution in [0.1, 0.15) is 33.6 Å². The van der Waals surface area contributed by atoms with Crippen molar-refractivity contribution in [3.05, 3.63) is 0 Å². The van der Waals surface area contributed by atoms with Gasteiger partial charge >= 0.3 is 0 Å². The molecule has 1 N–H and O–H groups in total.